The van der Waals surface area contributed by atoms with E-state index >= 15 is 0 Å². The summed E-state index contributed by atoms with van der Waals surface area (Å²) < 4.78 is 1.70. The topological polar surface area (TPSA) is 71.3 Å². The standard InChI is InChI=1S/C13H14N2O3S/c1-15-6-2-4-10(15)13(18)14-9(8-12(16)17)11-5-3-7-19-11/h2-7,9H,8H2,1H3,(H,14,18)(H,16,17)/t9-/m1/s1. The van der Waals surface area contributed by atoms with Crippen LogP contribution >= 0.6 is 11.3 Å². The van der Waals surface area contributed by atoms with E-state index in [0.29, 0.717) is 5.69 Å². The van der Waals surface area contributed by atoms with E-state index < -0.39 is 12.0 Å². The number of aryl methyl sites for hydroxylation is 1. The number of hydrogen-bond acceptors (Lipinski definition) is 3. The molecule has 2 rings (SSSR count). The first-order chi connectivity index (χ1) is 9.08. The molecular formula is C13H14N2O3S. The van der Waals surface area contributed by atoms with Gasteiger partial charge in [0.25, 0.3) is 5.91 Å². The molecule has 19 heavy (non-hydrogen) atoms. The fourth-order valence-corrected chi connectivity index (χ4v) is 2.59. The minimum Gasteiger partial charge on any atom is -0.481 e. The largest absolute Gasteiger partial charge is 0.481 e. The highest BCUT2D eigenvalue weighted by Crippen LogP contribution is 2.22. The highest BCUT2D eigenvalue weighted by Gasteiger charge is 2.20. The summed E-state index contributed by atoms with van der Waals surface area (Å²) in [6.45, 7) is 0. The van der Waals surface area contributed by atoms with Crippen LogP contribution in [0, 0.1) is 0 Å². The minimum absolute atomic E-state index is 0.128. The lowest BCUT2D eigenvalue weighted by atomic mass is 10.1. The zero-order valence-electron chi connectivity index (χ0n) is 10.4. The van der Waals surface area contributed by atoms with E-state index in [-0.39, 0.29) is 12.3 Å². The third-order valence-corrected chi connectivity index (χ3v) is 3.73. The third-order valence-electron chi connectivity index (χ3n) is 2.75. The summed E-state index contributed by atoms with van der Waals surface area (Å²) in [5, 5.41) is 13.6. The van der Waals surface area contributed by atoms with Crippen molar-refractivity contribution in [2.75, 3.05) is 0 Å². The molecule has 6 heteroatoms. The summed E-state index contributed by atoms with van der Waals surface area (Å²) >= 11 is 1.43. The van der Waals surface area contributed by atoms with Crippen molar-refractivity contribution in [3.63, 3.8) is 0 Å². The Hall–Kier alpha value is -2.08. The molecule has 0 spiro atoms. The second-order valence-corrected chi connectivity index (χ2v) is 5.12. The molecule has 2 aromatic rings. The summed E-state index contributed by atoms with van der Waals surface area (Å²) in [6.07, 6.45) is 1.64. The smallest absolute Gasteiger partial charge is 0.305 e. The Labute approximate surface area is 114 Å². The molecule has 100 valence electrons. The lowest BCUT2D eigenvalue weighted by molar-refractivity contribution is -0.137. The zero-order valence-corrected chi connectivity index (χ0v) is 11.2. The second-order valence-electron chi connectivity index (χ2n) is 4.14. The van der Waals surface area contributed by atoms with Crippen molar-refractivity contribution in [2.24, 2.45) is 7.05 Å². The predicted molar refractivity (Wildman–Crippen MR) is 72.2 cm³/mol. The molecule has 0 bridgehead atoms. The molecule has 2 aromatic heterocycles. The summed E-state index contributed by atoms with van der Waals surface area (Å²) in [5.41, 5.74) is 0.506. The maximum atomic E-state index is 12.1. The molecule has 2 N–H and O–H groups in total. The molecule has 0 saturated carbocycles. The van der Waals surface area contributed by atoms with Gasteiger partial charge in [0.1, 0.15) is 5.69 Å². The molecule has 1 amide bonds. The molecule has 0 radical (unpaired) electrons. The molecule has 0 aromatic carbocycles. The van der Waals surface area contributed by atoms with Crippen molar-refractivity contribution < 1.29 is 14.7 Å². The van der Waals surface area contributed by atoms with Gasteiger partial charge in [-0.3, -0.25) is 9.59 Å². The molecule has 0 unspecified atom stereocenters. The second kappa shape index (κ2) is 5.71. The monoisotopic (exact) mass is 278 g/mol. The van der Waals surface area contributed by atoms with Crippen LogP contribution in [0.5, 0.6) is 0 Å². The Balaban J connectivity index is 2.15. The van der Waals surface area contributed by atoms with Crippen molar-refractivity contribution in [3.8, 4) is 0 Å². The van der Waals surface area contributed by atoms with E-state index in [1.165, 1.54) is 11.3 Å². The van der Waals surface area contributed by atoms with Gasteiger partial charge in [0.05, 0.1) is 12.5 Å². The maximum Gasteiger partial charge on any atom is 0.305 e. The Kier molecular flexibility index (Phi) is 4.01. The molecule has 0 aliphatic rings. The van der Waals surface area contributed by atoms with Gasteiger partial charge in [-0.25, -0.2) is 0 Å². The number of nitrogens with one attached hydrogen (secondary N) is 1. The number of carboxylic acids is 1. The van der Waals surface area contributed by atoms with Crippen LogP contribution in [0.2, 0.25) is 0 Å². The molecule has 0 aliphatic heterocycles. The molecule has 0 aliphatic carbocycles. The number of carbonyl (C=O) groups is 2. The van der Waals surface area contributed by atoms with E-state index in [4.69, 9.17) is 5.11 Å². The number of carbonyl (C=O) groups excluding carboxylic acids is 1. The third kappa shape index (κ3) is 3.23. The first-order valence-electron chi connectivity index (χ1n) is 5.75. The van der Waals surface area contributed by atoms with Crippen molar-refractivity contribution in [2.45, 2.75) is 12.5 Å². The van der Waals surface area contributed by atoms with Crippen LogP contribution in [0.25, 0.3) is 0 Å². The van der Waals surface area contributed by atoms with Crippen molar-refractivity contribution in [3.05, 3.63) is 46.4 Å². The van der Waals surface area contributed by atoms with E-state index in [9.17, 15) is 9.59 Å². The number of carboxylic acid groups (broad SMARTS) is 1. The quantitative estimate of drug-likeness (QED) is 0.879. The van der Waals surface area contributed by atoms with E-state index in [2.05, 4.69) is 5.32 Å². The zero-order chi connectivity index (χ0) is 13.8. The van der Waals surface area contributed by atoms with Gasteiger partial charge in [0.2, 0.25) is 0 Å². The average Bonchev–Trinajstić information content (AvgIpc) is 2.97. The van der Waals surface area contributed by atoms with Crippen LogP contribution in [0.1, 0.15) is 27.8 Å². The Morgan fingerprint density at radius 1 is 1.42 bits per heavy atom. The minimum atomic E-state index is -0.939. The molecule has 5 nitrogen and oxygen atoms in total. The van der Waals surface area contributed by atoms with Gasteiger partial charge in [-0.1, -0.05) is 6.07 Å². The Morgan fingerprint density at radius 3 is 2.74 bits per heavy atom. The van der Waals surface area contributed by atoms with Crippen LogP contribution in [-0.4, -0.2) is 21.6 Å². The van der Waals surface area contributed by atoms with Gasteiger partial charge in [0.15, 0.2) is 0 Å². The van der Waals surface area contributed by atoms with Gasteiger partial charge < -0.3 is 15.0 Å². The van der Waals surface area contributed by atoms with Gasteiger partial charge >= 0.3 is 5.97 Å². The van der Waals surface area contributed by atoms with Crippen LogP contribution < -0.4 is 5.32 Å². The van der Waals surface area contributed by atoms with Gasteiger partial charge in [-0.15, -0.1) is 11.3 Å². The lowest BCUT2D eigenvalue weighted by Crippen LogP contribution is -2.30. The number of amides is 1. The van der Waals surface area contributed by atoms with E-state index in [1.807, 2.05) is 17.5 Å². The first-order valence-corrected chi connectivity index (χ1v) is 6.63. The van der Waals surface area contributed by atoms with Crippen LogP contribution in [0.15, 0.2) is 35.8 Å². The summed E-state index contributed by atoms with van der Waals surface area (Å²) in [6, 6.07) is 6.63. The fraction of sp³-hybridized carbons (Fsp3) is 0.231. The number of rotatable bonds is 5. The summed E-state index contributed by atoms with van der Waals surface area (Å²) in [4.78, 5) is 23.8. The highest BCUT2D eigenvalue weighted by atomic mass is 32.1. The van der Waals surface area contributed by atoms with Crippen LogP contribution in [-0.2, 0) is 11.8 Å². The van der Waals surface area contributed by atoms with E-state index in [1.54, 1.807) is 29.9 Å². The molecule has 2 heterocycles. The van der Waals surface area contributed by atoms with Crippen molar-refractivity contribution in [1.29, 1.82) is 0 Å². The SMILES string of the molecule is Cn1cccc1C(=O)N[C@H](CC(=O)O)c1cccs1. The Morgan fingerprint density at radius 2 is 2.21 bits per heavy atom. The van der Waals surface area contributed by atoms with Crippen LogP contribution in [0.4, 0.5) is 0 Å². The molecule has 0 fully saturated rings. The average molecular weight is 278 g/mol. The van der Waals surface area contributed by atoms with Crippen molar-refractivity contribution in [1.82, 2.24) is 9.88 Å². The van der Waals surface area contributed by atoms with Gasteiger partial charge in [-0.2, -0.15) is 0 Å². The van der Waals surface area contributed by atoms with Gasteiger partial charge in [0, 0.05) is 18.1 Å². The highest BCUT2D eigenvalue weighted by molar-refractivity contribution is 7.10. The predicted octanol–water partition coefficient (Wildman–Crippen LogP) is 2.03. The molecular weight excluding hydrogens is 264 g/mol. The van der Waals surface area contributed by atoms with Crippen molar-refractivity contribution >= 4 is 23.2 Å². The maximum absolute atomic E-state index is 12.1. The van der Waals surface area contributed by atoms with Gasteiger partial charge in [-0.05, 0) is 23.6 Å². The number of nitrogens with zero attached hydrogens (tertiary/aromatic N) is 1. The number of aromatic nitrogens is 1. The first kappa shape index (κ1) is 13.4. The number of hydrogen-bond donors (Lipinski definition) is 2. The summed E-state index contributed by atoms with van der Waals surface area (Å²) in [5.74, 6) is -1.21. The number of thiophene rings is 1. The lowest BCUT2D eigenvalue weighted by Gasteiger charge is -2.15. The number of aliphatic carboxylic acids is 1. The van der Waals surface area contributed by atoms with E-state index in [0.717, 1.165) is 4.88 Å². The normalized spacial score (nSPS) is 12.1. The molecule has 1 atom stereocenters. The Bertz CT molecular complexity index is 574. The van der Waals surface area contributed by atoms with Crippen LogP contribution in [0.3, 0.4) is 0 Å². The summed E-state index contributed by atoms with van der Waals surface area (Å²) in [7, 11) is 1.77. The molecule has 0 saturated heterocycles. The fourth-order valence-electron chi connectivity index (χ4n) is 1.82.